The Bertz CT molecular complexity index is 1480. The number of allylic oxidation sites excluding steroid dienone is 4. The molecule has 0 saturated carbocycles. The maximum atomic E-state index is 6.14. The van der Waals surface area contributed by atoms with Crippen LogP contribution < -0.4 is 5.73 Å². The maximum absolute atomic E-state index is 6.14. The van der Waals surface area contributed by atoms with Crippen LogP contribution in [0.15, 0.2) is 85.0 Å². The van der Waals surface area contributed by atoms with Gasteiger partial charge in [0.15, 0.2) is 11.6 Å². The number of fused-ring (bicyclic) bond motifs is 3. The molecular formula is C30H26N4. The van der Waals surface area contributed by atoms with E-state index in [1.54, 1.807) is 0 Å². The van der Waals surface area contributed by atoms with Crippen LogP contribution in [0.4, 0.5) is 5.95 Å². The van der Waals surface area contributed by atoms with Crippen molar-refractivity contribution in [1.82, 2.24) is 15.0 Å². The summed E-state index contributed by atoms with van der Waals surface area (Å²) in [5.74, 6) is 1.41. The normalized spacial score (nSPS) is 15.5. The summed E-state index contributed by atoms with van der Waals surface area (Å²) < 4.78 is 0. The second-order valence-corrected chi connectivity index (χ2v) is 9.49. The molecule has 34 heavy (non-hydrogen) atoms. The van der Waals surface area contributed by atoms with Crippen molar-refractivity contribution in [3.63, 3.8) is 0 Å². The number of anilines is 1. The fourth-order valence-corrected chi connectivity index (χ4v) is 5.13. The standard InChI is InChI=1S/C30H26N4/c1-30(2)25-11-7-6-10-23(25)24-17-16-22(18-26(24)30)28-32-27(33-29(31)34-28)21-14-12-20(13-15-21)19-8-4-3-5-9-19/h4,6-18H,3,5H2,1-2H3,(H2,31,32,33,34). The third kappa shape index (κ3) is 3.34. The van der Waals surface area contributed by atoms with E-state index in [1.165, 1.54) is 33.4 Å². The van der Waals surface area contributed by atoms with Crippen LogP contribution in [0.5, 0.6) is 0 Å². The Labute approximate surface area is 199 Å². The lowest BCUT2D eigenvalue weighted by atomic mass is 9.82. The van der Waals surface area contributed by atoms with Gasteiger partial charge in [-0.15, -0.1) is 0 Å². The van der Waals surface area contributed by atoms with Crippen molar-refractivity contribution in [2.75, 3.05) is 5.73 Å². The van der Waals surface area contributed by atoms with Crippen LogP contribution in [-0.4, -0.2) is 15.0 Å². The number of aromatic nitrogens is 3. The smallest absolute Gasteiger partial charge is 0.224 e. The van der Waals surface area contributed by atoms with Gasteiger partial charge < -0.3 is 5.73 Å². The van der Waals surface area contributed by atoms with Crippen molar-refractivity contribution < 1.29 is 0 Å². The van der Waals surface area contributed by atoms with Crippen molar-refractivity contribution in [1.29, 1.82) is 0 Å². The van der Waals surface area contributed by atoms with Crippen molar-refractivity contribution in [3.8, 4) is 33.9 Å². The molecule has 6 rings (SSSR count). The van der Waals surface area contributed by atoms with E-state index in [1.807, 2.05) is 0 Å². The van der Waals surface area contributed by atoms with Crippen molar-refractivity contribution in [2.24, 2.45) is 0 Å². The van der Waals surface area contributed by atoms with Gasteiger partial charge in [-0.25, -0.2) is 4.98 Å². The molecule has 0 amide bonds. The first-order valence-corrected chi connectivity index (χ1v) is 11.7. The first-order valence-electron chi connectivity index (χ1n) is 11.7. The molecule has 0 unspecified atom stereocenters. The molecule has 0 fully saturated rings. The molecule has 0 atom stereocenters. The summed E-state index contributed by atoms with van der Waals surface area (Å²) in [6, 6.07) is 23.4. The van der Waals surface area contributed by atoms with Crippen molar-refractivity contribution in [2.45, 2.75) is 32.1 Å². The minimum Gasteiger partial charge on any atom is -0.368 e. The van der Waals surface area contributed by atoms with E-state index in [2.05, 4.69) is 109 Å². The van der Waals surface area contributed by atoms with Gasteiger partial charge in [0.05, 0.1) is 0 Å². The monoisotopic (exact) mass is 442 g/mol. The molecule has 0 radical (unpaired) electrons. The molecule has 4 nitrogen and oxygen atoms in total. The third-order valence-electron chi connectivity index (χ3n) is 6.97. The summed E-state index contributed by atoms with van der Waals surface area (Å²) in [4.78, 5) is 13.7. The highest BCUT2D eigenvalue weighted by atomic mass is 15.1. The second-order valence-electron chi connectivity index (χ2n) is 9.49. The Kier molecular flexibility index (Phi) is 4.70. The molecule has 2 aliphatic rings. The number of benzene rings is 3. The molecule has 4 aromatic rings. The first-order chi connectivity index (χ1) is 16.5. The molecule has 0 aliphatic heterocycles. The van der Waals surface area contributed by atoms with Crippen molar-refractivity contribution in [3.05, 3.63) is 102 Å². The summed E-state index contributed by atoms with van der Waals surface area (Å²) in [5.41, 5.74) is 15.6. The number of rotatable bonds is 3. The van der Waals surface area contributed by atoms with Gasteiger partial charge in [-0.05, 0) is 52.3 Å². The van der Waals surface area contributed by atoms with E-state index >= 15 is 0 Å². The van der Waals surface area contributed by atoms with E-state index < -0.39 is 0 Å². The van der Waals surface area contributed by atoms with Gasteiger partial charge in [-0.3, -0.25) is 0 Å². The molecule has 2 N–H and O–H groups in total. The molecule has 166 valence electrons. The Morgan fingerprint density at radius 1 is 0.706 bits per heavy atom. The second kappa shape index (κ2) is 7.77. The Balaban J connectivity index is 1.38. The predicted octanol–water partition coefficient (Wildman–Crippen LogP) is 6.83. The highest BCUT2D eigenvalue weighted by Gasteiger charge is 2.35. The molecule has 0 saturated heterocycles. The highest BCUT2D eigenvalue weighted by molar-refractivity contribution is 5.83. The van der Waals surface area contributed by atoms with Gasteiger partial charge in [0.25, 0.3) is 0 Å². The Hall–Kier alpha value is -4.05. The van der Waals surface area contributed by atoms with E-state index in [9.17, 15) is 0 Å². The SMILES string of the molecule is CC1(C)c2ccccc2-c2ccc(-c3nc(N)nc(-c4ccc(C5=CCCC=C5)cc4)n3)cc21. The molecule has 0 bridgehead atoms. The topological polar surface area (TPSA) is 64.7 Å². The number of hydrogen-bond acceptors (Lipinski definition) is 4. The molecule has 0 spiro atoms. The lowest BCUT2D eigenvalue weighted by molar-refractivity contribution is 0.660. The summed E-state index contributed by atoms with van der Waals surface area (Å²) in [6.07, 6.45) is 8.88. The minimum absolute atomic E-state index is 0.0819. The summed E-state index contributed by atoms with van der Waals surface area (Å²) in [6.45, 7) is 4.54. The molecule has 1 heterocycles. The van der Waals surface area contributed by atoms with Crippen LogP contribution >= 0.6 is 0 Å². The van der Waals surface area contributed by atoms with Crippen LogP contribution in [-0.2, 0) is 5.41 Å². The molecular weight excluding hydrogens is 416 g/mol. The minimum atomic E-state index is -0.0819. The zero-order valence-corrected chi connectivity index (χ0v) is 19.4. The number of nitrogens with two attached hydrogens (primary N) is 1. The van der Waals surface area contributed by atoms with Crippen LogP contribution in [0.2, 0.25) is 0 Å². The van der Waals surface area contributed by atoms with Crippen molar-refractivity contribution >= 4 is 11.5 Å². The lowest BCUT2D eigenvalue weighted by Gasteiger charge is -2.21. The fraction of sp³-hybridized carbons (Fsp3) is 0.167. The van der Waals surface area contributed by atoms with E-state index in [0.717, 1.165) is 24.0 Å². The van der Waals surface area contributed by atoms with Crippen LogP contribution in [0.3, 0.4) is 0 Å². The maximum Gasteiger partial charge on any atom is 0.224 e. The number of nitrogens with zero attached hydrogens (tertiary/aromatic N) is 3. The van der Waals surface area contributed by atoms with E-state index in [4.69, 9.17) is 10.7 Å². The zero-order chi connectivity index (χ0) is 23.3. The average molecular weight is 443 g/mol. The van der Waals surface area contributed by atoms with Gasteiger partial charge >= 0.3 is 0 Å². The third-order valence-corrected chi connectivity index (χ3v) is 6.97. The predicted molar refractivity (Wildman–Crippen MR) is 139 cm³/mol. The average Bonchev–Trinajstić information content (AvgIpc) is 3.11. The van der Waals surface area contributed by atoms with E-state index in [-0.39, 0.29) is 11.4 Å². The quantitative estimate of drug-likeness (QED) is 0.378. The van der Waals surface area contributed by atoms with Crippen LogP contribution in [0.25, 0.3) is 39.5 Å². The summed E-state index contributed by atoms with van der Waals surface area (Å²) in [5, 5.41) is 0. The Morgan fingerprint density at radius 2 is 1.38 bits per heavy atom. The molecule has 1 aromatic heterocycles. The van der Waals surface area contributed by atoms with Gasteiger partial charge in [-0.2, -0.15) is 9.97 Å². The first kappa shape index (κ1) is 20.5. The number of nitrogen functional groups attached to an aromatic ring is 1. The van der Waals surface area contributed by atoms with Gasteiger partial charge in [0, 0.05) is 16.5 Å². The van der Waals surface area contributed by atoms with Crippen LogP contribution in [0.1, 0.15) is 43.4 Å². The number of hydrogen-bond donors (Lipinski definition) is 1. The summed E-state index contributed by atoms with van der Waals surface area (Å²) >= 11 is 0. The van der Waals surface area contributed by atoms with E-state index in [0.29, 0.717) is 11.6 Å². The zero-order valence-electron chi connectivity index (χ0n) is 19.4. The fourth-order valence-electron chi connectivity index (χ4n) is 5.13. The summed E-state index contributed by atoms with van der Waals surface area (Å²) in [7, 11) is 0. The van der Waals surface area contributed by atoms with Gasteiger partial charge in [0.2, 0.25) is 5.95 Å². The molecule has 2 aliphatic carbocycles. The largest absolute Gasteiger partial charge is 0.368 e. The lowest BCUT2D eigenvalue weighted by Crippen LogP contribution is -2.15. The van der Waals surface area contributed by atoms with Crippen LogP contribution in [0, 0.1) is 0 Å². The Morgan fingerprint density at radius 3 is 2.15 bits per heavy atom. The van der Waals surface area contributed by atoms with Gasteiger partial charge in [-0.1, -0.05) is 92.7 Å². The molecule has 4 heteroatoms. The van der Waals surface area contributed by atoms with Gasteiger partial charge in [0.1, 0.15) is 0 Å². The highest BCUT2D eigenvalue weighted by Crippen LogP contribution is 2.49. The molecule has 3 aromatic carbocycles.